The molecule has 0 bridgehead atoms. The molecule has 0 spiro atoms. The number of aliphatic hydroxyl groups excluding tert-OH is 1. The fraction of sp³-hybridized carbons (Fsp3) is 0.205. The highest BCUT2D eigenvalue weighted by Crippen LogP contribution is 2.47. The molecule has 3 heterocycles. The van der Waals surface area contributed by atoms with Crippen LogP contribution >= 0.6 is 11.6 Å². The number of ether oxygens (including phenoxy) is 1. The molecule has 272 valence electrons. The Bertz CT molecular complexity index is 2330. The number of nitrogens with zero attached hydrogens (tertiary/aromatic N) is 3. The number of rotatable bonds is 8. The van der Waals surface area contributed by atoms with E-state index in [1.807, 2.05) is 78.9 Å². The van der Waals surface area contributed by atoms with E-state index >= 15 is 0 Å². The molecule has 54 heavy (non-hydrogen) atoms. The van der Waals surface area contributed by atoms with Crippen molar-refractivity contribution < 1.29 is 29.3 Å². The van der Waals surface area contributed by atoms with E-state index in [-0.39, 0.29) is 37.4 Å². The van der Waals surface area contributed by atoms with Gasteiger partial charge in [0.25, 0.3) is 11.8 Å². The Kier molecular flexibility index (Phi) is 9.31. The second-order valence-electron chi connectivity index (χ2n) is 13.9. The molecule has 0 saturated heterocycles. The quantitative estimate of drug-likeness (QED) is 0.158. The van der Waals surface area contributed by atoms with Gasteiger partial charge in [-0.2, -0.15) is 0 Å². The first-order chi connectivity index (χ1) is 26.2. The first-order valence-corrected chi connectivity index (χ1v) is 18.3. The predicted molar refractivity (Wildman–Crippen MR) is 207 cm³/mol. The molecule has 2 N–H and O–H groups in total. The van der Waals surface area contributed by atoms with Crippen LogP contribution in [0.3, 0.4) is 0 Å². The molecule has 9 nitrogen and oxygen atoms in total. The van der Waals surface area contributed by atoms with E-state index in [0.29, 0.717) is 57.7 Å². The highest BCUT2D eigenvalue weighted by Gasteiger charge is 2.52. The fourth-order valence-corrected chi connectivity index (χ4v) is 7.96. The van der Waals surface area contributed by atoms with E-state index < -0.39 is 17.4 Å². The van der Waals surface area contributed by atoms with Gasteiger partial charge in [-0.3, -0.25) is 19.3 Å². The van der Waals surface area contributed by atoms with Gasteiger partial charge >= 0.3 is 0 Å². The minimum atomic E-state index is -1.96. The lowest BCUT2D eigenvalue weighted by Crippen LogP contribution is -2.46. The Labute approximate surface area is 318 Å². The highest BCUT2D eigenvalue weighted by molar-refractivity contribution is 6.31. The molecular formula is C44H38ClN3O6. The lowest BCUT2D eigenvalue weighted by atomic mass is 9.83. The molecule has 3 atom stereocenters. The van der Waals surface area contributed by atoms with Crippen LogP contribution in [0.5, 0.6) is 11.5 Å². The van der Waals surface area contributed by atoms with Crippen LogP contribution < -0.4 is 14.5 Å². The van der Waals surface area contributed by atoms with Crippen molar-refractivity contribution in [3.8, 4) is 11.5 Å². The van der Waals surface area contributed by atoms with Gasteiger partial charge in [-0.15, -0.1) is 0 Å². The molecule has 3 aliphatic heterocycles. The van der Waals surface area contributed by atoms with Crippen molar-refractivity contribution >= 4 is 46.4 Å². The van der Waals surface area contributed by atoms with Crippen LogP contribution in [-0.2, 0) is 34.7 Å². The van der Waals surface area contributed by atoms with Crippen molar-refractivity contribution in [3.05, 3.63) is 160 Å². The van der Waals surface area contributed by atoms with Crippen molar-refractivity contribution in [3.63, 3.8) is 0 Å². The number of carbonyl (C=O) groups excluding carboxylic acids is 3. The molecule has 0 aliphatic carbocycles. The summed E-state index contributed by atoms with van der Waals surface area (Å²) >= 11 is 6.44. The Morgan fingerprint density at radius 3 is 2.46 bits per heavy atom. The Morgan fingerprint density at radius 2 is 1.65 bits per heavy atom. The Balaban J connectivity index is 1.05. The summed E-state index contributed by atoms with van der Waals surface area (Å²) in [5, 5.41) is 22.7. The van der Waals surface area contributed by atoms with Gasteiger partial charge in [0, 0.05) is 35.2 Å². The van der Waals surface area contributed by atoms with E-state index in [1.165, 1.54) is 4.90 Å². The van der Waals surface area contributed by atoms with Gasteiger partial charge in [-0.1, -0.05) is 91.3 Å². The minimum Gasteiger partial charge on any atom is -0.454 e. The van der Waals surface area contributed by atoms with Crippen LogP contribution in [-0.4, -0.2) is 45.5 Å². The zero-order valence-corrected chi connectivity index (χ0v) is 30.3. The number of aliphatic hydroxyl groups is 2. The van der Waals surface area contributed by atoms with Crippen molar-refractivity contribution in [2.24, 2.45) is 5.92 Å². The molecule has 0 unspecified atom stereocenters. The first-order valence-electron chi connectivity index (χ1n) is 17.9. The summed E-state index contributed by atoms with van der Waals surface area (Å²) in [4.78, 5) is 46.7. The monoisotopic (exact) mass is 739 g/mol. The van der Waals surface area contributed by atoms with Crippen LogP contribution in [0.25, 0.3) is 0 Å². The Hall–Kier alpha value is -5.74. The van der Waals surface area contributed by atoms with Gasteiger partial charge in [0.05, 0.1) is 36.1 Å². The Morgan fingerprint density at radius 1 is 0.907 bits per heavy atom. The first kappa shape index (κ1) is 35.3. The van der Waals surface area contributed by atoms with E-state index in [2.05, 4.69) is 0 Å². The van der Waals surface area contributed by atoms with Gasteiger partial charge in [-0.05, 0) is 77.7 Å². The van der Waals surface area contributed by atoms with Crippen molar-refractivity contribution in [2.45, 2.75) is 44.5 Å². The topological polar surface area (TPSA) is 111 Å². The molecule has 3 aliphatic rings. The number of halogens is 1. The molecule has 5 aromatic carbocycles. The maximum Gasteiger partial charge on any atom is 0.266 e. The summed E-state index contributed by atoms with van der Waals surface area (Å²) in [5.74, 6) is -0.666. The summed E-state index contributed by atoms with van der Waals surface area (Å²) in [6, 6.07) is 34.5. The number of carbonyl (C=O) groups is 3. The van der Waals surface area contributed by atoms with Crippen LogP contribution in [0.15, 0.2) is 127 Å². The van der Waals surface area contributed by atoms with E-state index in [0.717, 1.165) is 16.7 Å². The molecular weight excluding hydrogens is 702 g/mol. The number of benzene rings is 5. The number of anilines is 3. The fourth-order valence-electron chi connectivity index (χ4n) is 7.79. The van der Waals surface area contributed by atoms with Crippen LogP contribution in [0.1, 0.15) is 46.0 Å². The van der Waals surface area contributed by atoms with E-state index in [4.69, 9.17) is 16.3 Å². The molecule has 5 aromatic rings. The lowest BCUT2D eigenvalue weighted by molar-refractivity contribution is -0.139. The molecule has 10 heteroatoms. The average molecular weight is 740 g/mol. The minimum absolute atomic E-state index is 0.0417. The molecule has 0 fully saturated rings. The van der Waals surface area contributed by atoms with E-state index in [1.54, 1.807) is 65.3 Å². The van der Waals surface area contributed by atoms with Gasteiger partial charge in [-0.25, -0.2) is 0 Å². The largest absolute Gasteiger partial charge is 0.454 e. The average Bonchev–Trinajstić information content (AvgIpc) is 3.31. The summed E-state index contributed by atoms with van der Waals surface area (Å²) in [5.41, 5.74) is 3.43. The maximum absolute atomic E-state index is 14.4. The highest BCUT2D eigenvalue weighted by atomic mass is 35.5. The lowest BCUT2D eigenvalue weighted by Gasteiger charge is -2.36. The normalized spacial score (nSPS) is 19.5. The van der Waals surface area contributed by atoms with Crippen LogP contribution in [0.4, 0.5) is 17.1 Å². The number of para-hydroxylation sites is 3. The molecule has 0 radical (unpaired) electrons. The third-order valence-electron chi connectivity index (χ3n) is 10.6. The summed E-state index contributed by atoms with van der Waals surface area (Å²) in [7, 11) is 0. The smallest absolute Gasteiger partial charge is 0.266 e. The van der Waals surface area contributed by atoms with Crippen molar-refractivity contribution in [2.75, 3.05) is 16.4 Å². The molecule has 3 amide bonds. The third-order valence-corrected chi connectivity index (χ3v) is 10.9. The number of hydrogen-bond donors (Lipinski definition) is 2. The molecule has 8 rings (SSSR count). The number of fused-ring (bicyclic) bond motifs is 4. The second kappa shape index (κ2) is 14.2. The van der Waals surface area contributed by atoms with Crippen molar-refractivity contribution in [1.82, 2.24) is 4.90 Å². The summed E-state index contributed by atoms with van der Waals surface area (Å²) in [6.07, 6.45) is 3.99. The molecule has 0 saturated carbocycles. The van der Waals surface area contributed by atoms with Gasteiger partial charge in [0.2, 0.25) is 5.91 Å². The maximum atomic E-state index is 14.4. The van der Waals surface area contributed by atoms with Gasteiger partial charge < -0.3 is 24.7 Å². The van der Waals surface area contributed by atoms with Crippen LogP contribution in [0, 0.1) is 5.92 Å². The molecule has 0 aromatic heterocycles. The van der Waals surface area contributed by atoms with E-state index in [9.17, 15) is 24.6 Å². The zero-order chi connectivity index (χ0) is 37.6. The van der Waals surface area contributed by atoms with Crippen molar-refractivity contribution in [1.29, 1.82) is 0 Å². The third kappa shape index (κ3) is 6.14. The zero-order valence-electron chi connectivity index (χ0n) is 29.6. The summed E-state index contributed by atoms with van der Waals surface area (Å²) in [6.45, 7) is 2.11. The predicted octanol–water partition coefficient (Wildman–Crippen LogP) is 7.69. The number of hydrogen-bond acceptors (Lipinski definition) is 6. The van der Waals surface area contributed by atoms with Gasteiger partial charge in [0.1, 0.15) is 5.75 Å². The summed E-state index contributed by atoms with van der Waals surface area (Å²) < 4.78 is 6.17. The van der Waals surface area contributed by atoms with Crippen LogP contribution in [0.2, 0.25) is 5.02 Å². The standard InChI is InChI=1S/C44H38ClN3O6/c1-28(10-8-19-41(50)46-26-31-13-3-2-12-30(31)23-34(46)27-49)44(53)36-24-32(45)20-21-37(36)47(43(44)52)25-29-11-9-14-33(22-29)48-38-16-5-7-18-40(38)54-39-17-6-4-15-35(39)42(48)51/h2-18,20-22,24,28,34,49,53H,19,23,25-27H2,1H3/b10-8+/t28-,34+,44+/m1/s1. The number of amides is 3. The van der Waals surface area contributed by atoms with Gasteiger partial charge in [0.15, 0.2) is 11.4 Å². The SMILES string of the molecule is C[C@H](/C=C/CC(=O)N1Cc2ccccc2C[C@H]1CO)[C@@]1(O)C(=O)N(Cc2cccc(N3C(=O)c4ccccc4Oc4ccccc43)c2)c2ccc(Cl)cc21. The second-order valence-corrected chi connectivity index (χ2v) is 14.4.